The van der Waals surface area contributed by atoms with Gasteiger partial charge in [-0.3, -0.25) is 14.3 Å². The third-order valence-electron chi connectivity index (χ3n) is 5.19. The lowest BCUT2D eigenvalue weighted by molar-refractivity contribution is -0.114. The second-order valence-corrected chi connectivity index (χ2v) is 7.37. The lowest BCUT2D eigenvalue weighted by atomic mass is 9.92. The maximum atomic E-state index is 12.8. The monoisotopic (exact) mass is 388 g/mol. The zero-order valence-corrected chi connectivity index (χ0v) is 16.4. The van der Waals surface area contributed by atoms with Crippen LogP contribution >= 0.6 is 0 Å². The molecule has 29 heavy (non-hydrogen) atoms. The molecule has 2 aromatic carbocycles. The number of nitrogens with one attached hydrogen (secondary N) is 2. The molecule has 6 heteroatoms. The minimum absolute atomic E-state index is 0.0554. The SMILES string of the molecule is CC(=O)Nc1cccc(C(=O)NC2CCCc3c2cnn3Cc2ccccc2)c1. The van der Waals surface area contributed by atoms with E-state index in [1.54, 1.807) is 24.3 Å². The Morgan fingerprint density at radius 3 is 2.76 bits per heavy atom. The number of hydrogen-bond donors (Lipinski definition) is 2. The molecule has 2 N–H and O–H groups in total. The predicted octanol–water partition coefficient (Wildman–Crippen LogP) is 3.70. The average Bonchev–Trinajstić information content (AvgIpc) is 3.12. The van der Waals surface area contributed by atoms with Crippen LogP contribution in [0.2, 0.25) is 0 Å². The fourth-order valence-corrected chi connectivity index (χ4v) is 3.84. The number of fused-ring (bicyclic) bond motifs is 1. The van der Waals surface area contributed by atoms with Crippen LogP contribution in [0.25, 0.3) is 0 Å². The second-order valence-electron chi connectivity index (χ2n) is 7.37. The highest BCUT2D eigenvalue weighted by molar-refractivity contribution is 5.97. The zero-order valence-electron chi connectivity index (χ0n) is 16.4. The van der Waals surface area contributed by atoms with Gasteiger partial charge in [0, 0.05) is 29.4 Å². The first kappa shape index (κ1) is 18.9. The molecule has 6 nitrogen and oxygen atoms in total. The van der Waals surface area contributed by atoms with Crippen molar-refractivity contribution >= 4 is 17.5 Å². The quantitative estimate of drug-likeness (QED) is 0.700. The first-order chi connectivity index (χ1) is 14.1. The molecule has 0 saturated carbocycles. The Morgan fingerprint density at radius 1 is 1.14 bits per heavy atom. The van der Waals surface area contributed by atoms with Gasteiger partial charge in [-0.2, -0.15) is 5.10 Å². The summed E-state index contributed by atoms with van der Waals surface area (Å²) >= 11 is 0. The van der Waals surface area contributed by atoms with E-state index in [2.05, 4.69) is 27.9 Å². The summed E-state index contributed by atoms with van der Waals surface area (Å²) in [4.78, 5) is 24.1. The lowest BCUT2D eigenvalue weighted by Crippen LogP contribution is -2.31. The first-order valence-corrected chi connectivity index (χ1v) is 9.87. The topological polar surface area (TPSA) is 76.0 Å². The van der Waals surface area contributed by atoms with Crippen molar-refractivity contribution in [2.75, 3.05) is 5.32 Å². The van der Waals surface area contributed by atoms with Gasteiger partial charge in [0.25, 0.3) is 5.91 Å². The van der Waals surface area contributed by atoms with E-state index in [-0.39, 0.29) is 17.9 Å². The Kier molecular flexibility index (Phi) is 5.42. The van der Waals surface area contributed by atoms with Crippen molar-refractivity contribution in [3.63, 3.8) is 0 Å². The summed E-state index contributed by atoms with van der Waals surface area (Å²) in [6.45, 7) is 2.18. The highest BCUT2D eigenvalue weighted by Gasteiger charge is 2.26. The lowest BCUT2D eigenvalue weighted by Gasteiger charge is -2.24. The van der Waals surface area contributed by atoms with Crippen LogP contribution < -0.4 is 10.6 Å². The van der Waals surface area contributed by atoms with Gasteiger partial charge >= 0.3 is 0 Å². The number of carbonyl (C=O) groups excluding carboxylic acids is 2. The van der Waals surface area contributed by atoms with E-state index >= 15 is 0 Å². The Bertz CT molecular complexity index is 1030. The molecule has 0 aliphatic heterocycles. The van der Waals surface area contributed by atoms with Crippen LogP contribution in [0, 0.1) is 0 Å². The predicted molar refractivity (Wildman–Crippen MR) is 112 cm³/mol. The smallest absolute Gasteiger partial charge is 0.251 e. The third-order valence-corrected chi connectivity index (χ3v) is 5.19. The van der Waals surface area contributed by atoms with Crippen LogP contribution in [0.3, 0.4) is 0 Å². The number of anilines is 1. The van der Waals surface area contributed by atoms with Gasteiger partial charge in [-0.25, -0.2) is 0 Å². The van der Waals surface area contributed by atoms with E-state index in [0.29, 0.717) is 11.3 Å². The summed E-state index contributed by atoms with van der Waals surface area (Å²) in [6, 6.07) is 17.2. The van der Waals surface area contributed by atoms with Crippen molar-refractivity contribution in [3.05, 3.63) is 83.2 Å². The highest BCUT2D eigenvalue weighted by Crippen LogP contribution is 2.30. The number of amides is 2. The summed E-state index contributed by atoms with van der Waals surface area (Å²) < 4.78 is 2.04. The Labute approximate surface area is 169 Å². The average molecular weight is 388 g/mol. The van der Waals surface area contributed by atoms with Gasteiger partial charge < -0.3 is 10.6 Å². The van der Waals surface area contributed by atoms with E-state index in [1.165, 1.54) is 18.2 Å². The molecule has 3 aromatic rings. The number of carbonyl (C=O) groups is 2. The fraction of sp³-hybridized carbons (Fsp3) is 0.261. The van der Waals surface area contributed by atoms with Crippen molar-refractivity contribution in [3.8, 4) is 0 Å². The molecule has 1 atom stereocenters. The molecular formula is C23H24N4O2. The Hall–Kier alpha value is -3.41. The number of aromatic nitrogens is 2. The first-order valence-electron chi connectivity index (χ1n) is 9.87. The normalized spacial score (nSPS) is 15.4. The standard InChI is InChI=1S/C23H24N4O2/c1-16(28)25-19-10-5-9-18(13-19)23(29)26-21-11-6-12-22-20(21)14-24-27(22)15-17-7-3-2-4-8-17/h2-5,7-10,13-14,21H,6,11-12,15H2,1H3,(H,25,28)(H,26,29). The molecule has 0 radical (unpaired) electrons. The number of benzene rings is 2. The molecule has 148 valence electrons. The van der Waals surface area contributed by atoms with Crippen LogP contribution in [0.4, 0.5) is 5.69 Å². The summed E-state index contributed by atoms with van der Waals surface area (Å²) in [5, 5.41) is 10.4. The summed E-state index contributed by atoms with van der Waals surface area (Å²) in [6.07, 6.45) is 4.74. The van der Waals surface area contributed by atoms with Gasteiger partial charge in [-0.1, -0.05) is 36.4 Å². The highest BCUT2D eigenvalue weighted by atomic mass is 16.2. The third kappa shape index (κ3) is 4.37. The van der Waals surface area contributed by atoms with E-state index in [1.807, 2.05) is 29.1 Å². The van der Waals surface area contributed by atoms with E-state index in [4.69, 9.17) is 0 Å². The molecule has 0 spiro atoms. The van der Waals surface area contributed by atoms with Crippen LogP contribution in [0.15, 0.2) is 60.8 Å². The molecule has 0 bridgehead atoms. The van der Waals surface area contributed by atoms with Crippen molar-refractivity contribution < 1.29 is 9.59 Å². The second kappa shape index (κ2) is 8.31. The van der Waals surface area contributed by atoms with E-state index in [0.717, 1.165) is 31.4 Å². The molecule has 1 unspecified atom stereocenters. The molecule has 4 rings (SSSR count). The van der Waals surface area contributed by atoms with E-state index in [9.17, 15) is 9.59 Å². The molecule has 0 fully saturated rings. The molecule has 1 aliphatic carbocycles. The van der Waals surface area contributed by atoms with Gasteiger partial charge in [0.15, 0.2) is 0 Å². The minimum Gasteiger partial charge on any atom is -0.345 e. The van der Waals surface area contributed by atoms with Crippen molar-refractivity contribution in [2.45, 2.75) is 38.8 Å². The van der Waals surface area contributed by atoms with E-state index < -0.39 is 0 Å². The van der Waals surface area contributed by atoms with Gasteiger partial charge in [0.05, 0.1) is 18.8 Å². The van der Waals surface area contributed by atoms with Crippen molar-refractivity contribution in [1.29, 1.82) is 0 Å². The Morgan fingerprint density at radius 2 is 1.97 bits per heavy atom. The fourth-order valence-electron chi connectivity index (χ4n) is 3.84. The van der Waals surface area contributed by atoms with Gasteiger partial charge in [0.1, 0.15) is 0 Å². The van der Waals surface area contributed by atoms with Gasteiger partial charge in [-0.05, 0) is 43.0 Å². The Balaban J connectivity index is 1.50. The summed E-state index contributed by atoms with van der Waals surface area (Å²) in [5.41, 5.74) is 4.64. The minimum atomic E-state index is -0.162. The largest absolute Gasteiger partial charge is 0.345 e. The van der Waals surface area contributed by atoms with Crippen LogP contribution in [0.5, 0.6) is 0 Å². The molecule has 1 aliphatic rings. The van der Waals surface area contributed by atoms with Gasteiger partial charge in [-0.15, -0.1) is 0 Å². The van der Waals surface area contributed by atoms with Crippen LogP contribution in [0.1, 0.15) is 53.0 Å². The van der Waals surface area contributed by atoms with Crippen LogP contribution in [-0.2, 0) is 17.8 Å². The molecule has 1 heterocycles. The summed E-state index contributed by atoms with van der Waals surface area (Å²) in [7, 11) is 0. The number of nitrogens with zero attached hydrogens (tertiary/aromatic N) is 2. The summed E-state index contributed by atoms with van der Waals surface area (Å²) in [5.74, 6) is -0.309. The molecule has 2 amide bonds. The maximum absolute atomic E-state index is 12.8. The number of hydrogen-bond acceptors (Lipinski definition) is 3. The maximum Gasteiger partial charge on any atom is 0.251 e. The molecule has 1 aromatic heterocycles. The van der Waals surface area contributed by atoms with Crippen LogP contribution in [-0.4, -0.2) is 21.6 Å². The van der Waals surface area contributed by atoms with Gasteiger partial charge in [0.2, 0.25) is 5.91 Å². The van der Waals surface area contributed by atoms with Crippen molar-refractivity contribution in [2.24, 2.45) is 0 Å². The molecular weight excluding hydrogens is 364 g/mol. The zero-order chi connectivity index (χ0) is 20.2. The molecule has 0 saturated heterocycles. The van der Waals surface area contributed by atoms with Crippen molar-refractivity contribution in [1.82, 2.24) is 15.1 Å². The number of rotatable bonds is 5.